The molecule has 0 unspecified atom stereocenters. The second-order valence-electron chi connectivity index (χ2n) is 4.67. The maximum Gasteiger partial charge on any atom is 0.419 e. The van der Waals surface area contributed by atoms with Gasteiger partial charge in [-0.15, -0.1) is 0 Å². The molecule has 1 aromatic rings. The predicted octanol–water partition coefficient (Wildman–Crippen LogP) is 2.81. The molecule has 1 heterocycles. The molecule has 0 amide bonds. The Morgan fingerprint density at radius 2 is 1.84 bits per heavy atom. The molecular weight excluding hydrogens is 260 g/mol. The zero-order chi connectivity index (χ0) is 14.0. The average molecular weight is 276 g/mol. The molecule has 1 aliphatic rings. The number of nitrogens with zero attached hydrogens (tertiary/aromatic N) is 1. The van der Waals surface area contributed by atoms with Gasteiger partial charge in [0, 0.05) is 37.8 Å². The second-order valence-corrected chi connectivity index (χ2v) is 4.67. The number of halogens is 4. The smallest absolute Gasteiger partial charge is 0.314 e. The van der Waals surface area contributed by atoms with Crippen molar-refractivity contribution in [2.45, 2.75) is 19.1 Å². The standard InChI is InChI=1S/C13H16F4N2/c1-9(19-7-5-18-6-8-19)10-3-2-4-11(12(10)14)13(15,16)17/h2-4,9,18H,5-8H2,1H3/t9-/m0/s1. The number of rotatable bonds is 2. The van der Waals surface area contributed by atoms with Gasteiger partial charge in [-0.05, 0) is 13.0 Å². The van der Waals surface area contributed by atoms with Crippen molar-refractivity contribution in [2.24, 2.45) is 0 Å². The van der Waals surface area contributed by atoms with Crippen LogP contribution >= 0.6 is 0 Å². The minimum Gasteiger partial charge on any atom is -0.314 e. The Hall–Kier alpha value is -1.14. The first kappa shape index (κ1) is 14.3. The monoisotopic (exact) mass is 276 g/mol. The van der Waals surface area contributed by atoms with E-state index in [2.05, 4.69) is 5.32 Å². The number of alkyl halides is 3. The van der Waals surface area contributed by atoms with Gasteiger partial charge in [0.25, 0.3) is 0 Å². The SMILES string of the molecule is C[C@@H](c1cccc(C(F)(F)F)c1F)N1CCNCC1. The van der Waals surface area contributed by atoms with Crippen molar-refractivity contribution in [3.63, 3.8) is 0 Å². The maximum atomic E-state index is 14.0. The van der Waals surface area contributed by atoms with Crippen LogP contribution in [0.5, 0.6) is 0 Å². The van der Waals surface area contributed by atoms with E-state index in [1.807, 2.05) is 4.90 Å². The molecule has 0 aliphatic carbocycles. The average Bonchev–Trinajstić information content (AvgIpc) is 2.38. The second kappa shape index (κ2) is 5.46. The molecule has 0 saturated carbocycles. The molecule has 1 atom stereocenters. The van der Waals surface area contributed by atoms with Crippen LogP contribution in [-0.2, 0) is 6.18 Å². The van der Waals surface area contributed by atoms with Gasteiger partial charge in [-0.2, -0.15) is 13.2 Å². The molecule has 0 bridgehead atoms. The van der Waals surface area contributed by atoms with Crippen LogP contribution in [0.25, 0.3) is 0 Å². The zero-order valence-electron chi connectivity index (χ0n) is 10.6. The summed E-state index contributed by atoms with van der Waals surface area (Å²) in [5, 5.41) is 3.16. The van der Waals surface area contributed by atoms with Crippen LogP contribution < -0.4 is 5.32 Å². The van der Waals surface area contributed by atoms with Crippen LogP contribution in [-0.4, -0.2) is 31.1 Å². The van der Waals surface area contributed by atoms with E-state index in [1.165, 1.54) is 12.1 Å². The van der Waals surface area contributed by atoms with Gasteiger partial charge < -0.3 is 5.32 Å². The summed E-state index contributed by atoms with van der Waals surface area (Å²) < 4.78 is 52.0. The Kier molecular flexibility index (Phi) is 4.10. The summed E-state index contributed by atoms with van der Waals surface area (Å²) in [7, 11) is 0. The first-order valence-electron chi connectivity index (χ1n) is 6.21. The van der Waals surface area contributed by atoms with Gasteiger partial charge in [0.1, 0.15) is 5.82 Å². The molecule has 0 spiro atoms. The van der Waals surface area contributed by atoms with Crippen LogP contribution in [0.1, 0.15) is 24.1 Å². The third-order valence-electron chi connectivity index (χ3n) is 3.48. The molecular formula is C13H16F4N2. The van der Waals surface area contributed by atoms with Gasteiger partial charge in [-0.25, -0.2) is 4.39 Å². The van der Waals surface area contributed by atoms with Crippen LogP contribution in [0.4, 0.5) is 17.6 Å². The van der Waals surface area contributed by atoms with E-state index in [-0.39, 0.29) is 11.6 Å². The van der Waals surface area contributed by atoms with Gasteiger partial charge in [0.15, 0.2) is 0 Å². The largest absolute Gasteiger partial charge is 0.419 e. The minimum absolute atomic E-state index is 0.108. The van der Waals surface area contributed by atoms with Crippen molar-refractivity contribution < 1.29 is 17.6 Å². The number of hydrogen-bond donors (Lipinski definition) is 1. The fourth-order valence-electron chi connectivity index (χ4n) is 2.36. The van der Waals surface area contributed by atoms with Crippen molar-refractivity contribution in [3.8, 4) is 0 Å². The summed E-state index contributed by atoms with van der Waals surface area (Å²) >= 11 is 0. The molecule has 0 aromatic heterocycles. The molecule has 1 aromatic carbocycles. The topological polar surface area (TPSA) is 15.3 Å². The van der Waals surface area contributed by atoms with E-state index in [0.29, 0.717) is 13.1 Å². The maximum absolute atomic E-state index is 14.0. The molecule has 1 fully saturated rings. The molecule has 1 N–H and O–H groups in total. The van der Waals surface area contributed by atoms with E-state index in [0.717, 1.165) is 19.2 Å². The van der Waals surface area contributed by atoms with Gasteiger partial charge in [-0.3, -0.25) is 4.90 Å². The van der Waals surface area contributed by atoms with E-state index in [4.69, 9.17) is 0 Å². The Labute approximate surface area is 109 Å². The number of hydrogen-bond acceptors (Lipinski definition) is 2. The first-order valence-corrected chi connectivity index (χ1v) is 6.21. The Morgan fingerprint density at radius 3 is 2.42 bits per heavy atom. The predicted molar refractivity (Wildman–Crippen MR) is 64.3 cm³/mol. The number of benzene rings is 1. The fourth-order valence-corrected chi connectivity index (χ4v) is 2.36. The highest BCUT2D eigenvalue weighted by Crippen LogP contribution is 2.34. The lowest BCUT2D eigenvalue weighted by molar-refractivity contribution is -0.140. The third-order valence-corrected chi connectivity index (χ3v) is 3.48. The molecule has 19 heavy (non-hydrogen) atoms. The summed E-state index contributed by atoms with van der Waals surface area (Å²) in [4.78, 5) is 1.98. The normalized spacial score (nSPS) is 19.4. The van der Waals surface area contributed by atoms with Crippen LogP contribution in [0.3, 0.4) is 0 Å². The first-order chi connectivity index (χ1) is 8.91. The van der Waals surface area contributed by atoms with E-state index < -0.39 is 17.6 Å². The van der Waals surface area contributed by atoms with Crippen molar-refractivity contribution in [1.29, 1.82) is 0 Å². The molecule has 6 heteroatoms. The van der Waals surface area contributed by atoms with Gasteiger partial charge in [-0.1, -0.05) is 12.1 Å². The molecule has 0 radical (unpaired) electrons. The van der Waals surface area contributed by atoms with Crippen LogP contribution in [0.2, 0.25) is 0 Å². The van der Waals surface area contributed by atoms with Crippen LogP contribution in [0.15, 0.2) is 18.2 Å². The summed E-state index contributed by atoms with van der Waals surface area (Å²) in [5.74, 6) is -1.15. The Balaban J connectivity index is 2.29. The highest BCUT2D eigenvalue weighted by Gasteiger charge is 2.35. The lowest BCUT2D eigenvalue weighted by Crippen LogP contribution is -2.44. The summed E-state index contributed by atoms with van der Waals surface area (Å²) in [6, 6.07) is 3.12. The van der Waals surface area contributed by atoms with E-state index in [9.17, 15) is 17.6 Å². The quantitative estimate of drug-likeness (QED) is 0.836. The lowest BCUT2D eigenvalue weighted by atomic mass is 10.0. The Morgan fingerprint density at radius 1 is 1.21 bits per heavy atom. The van der Waals surface area contributed by atoms with Crippen molar-refractivity contribution >= 4 is 0 Å². The van der Waals surface area contributed by atoms with Gasteiger partial charge in [0.2, 0.25) is 0 Å². The summed E-state index contributed by atoms with van der Waals surface area (Å²) in [5.41, 5.74) is -1.08. The summed E-state index contributed by atoms with van der Waals surface area (Å²) in [6.45, 7) is 4.69. The zero-order valence-corrected chi connectivity index (χ0v) is 10.6. The van der Waals surface area contributed by atoms with Crippen molar-refractivity contribution in [2.75, 3.05) is 26.2 Å². The molecule has 2 rings (SSSR count). The highest BCUT2D eigenvalue weighted by molar-refractivity contribution is 5.30. The number of piperazine rings is 1. The fraction of sp³-hybridized carbons (Fsp3) is 0.538. The third kappa shape index (κ3) is 3.06. The molecule has 1 saturated heterocycles. The molecule has 1 aliphatic heterocycles. The molecule has 2 nitrogen and oxygen atoms in total. The van der Waals surface area contributed by atoms with Gasteiger partial charge >= 0.3 is 6.18 Å². The summed E-state index contributed by atoms with van der Waals surface area (Å²) in [6.07, 6.45) is -4.65. The van der Waals surface area contributed by atoms with Crippen molar-refractivity contribution in [3.05, 3.63) is 35.1 Å². The minimum atomic E-state index is -4.65. The lowest BCUT2D eigenvalue weighted by Gasteiger charge is -2.33. The van der Waals surface area contributed by atoms with Crippen LogP contribution in [0, 0.1) is 5.82 Å². The van der Waals surface area contributed by atoms with E-state index in [1.54, 1.807) is 6.92 Å². The molecule has 106 valence electrons. The highest BCUT2D eigenvalue weighted by atomic mass is 19.4. The van der Waals surface area contributed by atoms with E-state index >= 15 is 0 Å². The number of nitrogens with one attached hydrogen (secondary N) is 1. The Bertz CT molecular complexity index is 439. The van der Waals surface area contributed by atoms with Gasteiger partial charge in [0.05, 0.1) is 5.56 Å². The van der Waals surface area contributed by atoms with Crippen molar-refractivity contribution in [1.82, 2.24) is 10.2 Å².